The highest BCUT2D eigenvalue weighted by Crippen LogP contribution is 2.61. The average Bonchev–Trinajstić information content (AvgIpc) is 3.03. The lowest BCUT2D eigenvalue weighted by Gasteiger charge is -2.49. The van der Waals surface area contributed by atoms with Gasteiger partial charge < -0.3 is 9.84 Å². The molecule has 2 fully saturated rings. The highest BCUT2D eigenvalue weighted by Gasteiger charge is 2.50. The van der Waals surface area contributed by atoms with Crippen LogP contribution >= 0.6 is 0 Å². The molecule has 160 valence electrons. The molecule has 3 aliphatic rings. The van der Waals surface area contributed by atoms with Crippen LogP contribution in [-0.2, 0) is 26.3 Å². The van der Waals surface area contributed by atoms with Crippen molar-refractivity contribution in [3.8, 4) is 5.75 Å². The van der Waals surface area contributed by atoms with Gasteiger partial charge in [-0.3, -0.25) is 9.35 Å². The first kappa shape index (κ1) is 20.6. The molecule has 4 unspecified atom stereocenters. The maximum absolute atomic E-state index is 12.2. The average molecular weight is 424 g/mol. The molecule has 0 spiro atoms. The van der Waals surface area contributed by atoms with Gasteiger partial charge in [-0.25, -0.2) is 4.72 Å². The van der Waals surface area contributed by atoms with Gasteiger partial charge in [-0.2, -0.15) is 8.42 Å². The van der Waals surface area contributed by atoms with Gasteiger partial charge in [0.2, 0.25) is 0 Å². The number of fused-ring (bicyclic) bond motifs is 5. The number of aromatic hydroxyl groups is 1. The molecule has 1 aromatic rings. The molecule has 0 bridgehead atoms. The van der Waals surface area contributed by atoms with Crippen LogP contribution in [-0.4, -0.2) is 31.1 Å². The van der Waals surface area contributed by atoms with Gasteiger partial charge in [-0.15, -0.1) is 0 Å². The number of hydrogen-bond donors (Lipinski definition) is 3. The van der Waals surface area contributed by atoms with Gasteiger partial charge in [0.1, 0.15) is 5.75 Å². The summed E-state index contributed by atoms with van der Waals surface area (Å²) in [5, 5.41) is 10.7. The summed E-state index contributed by atoms with van der Waals surface area (Å²) >= 11 is 0. The van der Waals surface area contributed by atoms with Gasteiger partial charge in [0.25, 0.3) is 5.91 Å². The largest absolute Gasteiger partial charge is 0.508 e. The molecule has 8 heteroatoms. The molecular weight excluding hydrogens is 394 g/mol. The molecular formula is C21H29NO6S. The Kier molecular flexibility index (Phi) is 5.16. The third-order valence-corrected chi connectivity index (χ3v) is 8.10. The maximum atomic E-state index is 12.2. The van der Waals surface area contributed by atoms with Crippen molar-refractivity contribution in [3.05, 3.63) is 28.8 Å². The van der Waals surface area contributed by atoms with E-state index in [1.807, 2.05) is 0 Å². The van der Waals surface area contributed by atoms with Crippen LogP contribution in [0.2, 0.25) is 0 Å². The van der Waals surface area contributed by atoms with Gasteiger partial charge >= 0.3 is 10.3 Å². The quantitative estimate of drug-likeness (QED) is 0.641. The summed E-state index contributed by atoms with van der Waals surface area (Å²) in [6.07, 6.45) is 6.86. The van der Waals surface area contributed by atoms with Crippen LogP contribution < -0.4 is 4.72 Å². The number of rotatable bonds is 4. The van der Waals surface area contributed by atoms with Crippen molar-refractivity contribution in [1.29, 1.82) is 0 Å². The molecule has 1 amide bonds. The van der Waals surface area contributed by atoms with Crippen LogP contribution in [0.15, 0.2) is 12.1 Å². The lowest BCUT2D eigenvalue weighted by Crippen LogP contribution is -2.39. The predicted molar refractivity (Wildman–Crippen MR) is 107 cm³/mol. The van der Waals surface area contributed by atoms with Gasteiger partial charge in [0.15, 0.2) is 6.10 Å². The number of hydrogen-bond acceptors (Lipinski definition) is 5. The number of carbonyl (C=O) groups excluding carboxylic acids is 1. The fourth-order valence-electron chi connectivity index (χ4n) is 6.39. The number of amides is 1. The van der Waals surface area contributed by atoms with E-state index < -0.39 is 22.3 Å². The van der Waals surface area contributed by atoms with E-state index >= 15 is 0 Å². The number of phenolic OH excluding ortho intramolecular Hbond substituents is 1. The second kappa shape index (κ2) is 7.25. The van der Waals surface area contributed by atoms with Crippen molar-refractivity contribution in [2.45, 2.75) is 63.9 Å². The molecule has 29 heavy (non-hydrogen) atoms. The van der Waals surface area contributed by atoms with Gasteiger partial charge in [-0.1, -0.05) is 13.3 Å². The van der Waals surface area contributed by atoms with E-state index in [2.05, 4.69) is 6.92 Å². The molecule has 0 aliphatic heterocycles. The summed E-state index contributed by atoms with van der Waals surface area (Å²) in [6, 6.07) is 3.51. The molecule has 3 N–H and O–H groups in total. The zero-order chi connectivity index (χ0) is 21.0. The third kappa shape index (κ3) is 3.66. The van der Waals surface area contributed by atoms with Gasteiger partial charge in [-0.05, 0) is 85.0 Å². The SMILES string of the molecule is COC(C(=O)NS(=O)(=O)O)c1cc2c(cc1O)C1CC[C@]3(C)CCCC3C1CC2. The number of nitrogens with one attached hydrogen (secondary N) is 1. The van der Waals surface area contributed by atoms with Crippen LogP contribution in [0.25, 0.3) is 0 Å². The molecule has 0 aromatic heterocycles. The van der Waals surface area contributed by atoms with Crippen molar-refractivity contribution in [2.24, 2.45) is 17.3 Å². The number of phenols is 1. The second-order valence-corrected chi connectivity index (χ2v) is 10.3. The summed E-state index contributed by atoms with van der Waals surface area (Å²) in [7, 11) is -3.45. The first-order valence-corrected chi connectivity index (χ1v) is 11.7. The second-order valence-electron chi connectivity index (χ2n) is 9.17. The van der Waals surface area contributed by atoms with Crippen LogP contribution in [0.4, 0.5) is 0 Å². The van der Waals surface area contributed by atoms with Crippen molar-refractivity contribution in [2.75, 3.05) is 7.11 Å². The Morgan fingerprint density at radius 1 is 1.28 bits per heavy atom. The smallest absolute Gasteiger partial charge is 0.359 e. The number of benzene rings is 1. The van der Waals surface area contributed by atoms with E-state index in [0.717, 1.165) is 36.3 Å². The molecule has 1 aromatic carbocycles. The third-order valence-electron chi connectivity index (χ3n) is 7.64. The minimum atomic E-state index is -4.71. The normalized spacial score (nSPS) is 32.0. The molecule has 3 aliphatic carbocycles. The first-order chi connectivity index (χ1) is 13.6. The lowest BCUT2D eigenvalue weighted by atomic mass is 9.56. The molecule has 2 saturated carbocycles. The predicted octanol–water partition coefficient (Wildman–Crippen LogP) is 3.24. The van der Waals surface area contributed by atoms with E-state index in [-0.39, 0.29) is 11.3 Å². The van der Waals surface area contributed by atoms with Crippen LogP contribution in [0, 0.1) is 17.3 Å². The Morgan fingerprint density at radius 3 is 2.72 bits per heavy atom. The van der Waals surface area contributed by atoms with E-state index in [1.165, 1.54) is 37.5 Å². The first-order valence-electron chi connectivity index (χ1n) is 10.3. The van der Waals surface area contributed by atoms with Crippen molar-refractivity contribution < 1.29 is 27.6 Å². The zero-order valence-corrected chi connectivity index (χ0v) is 17.7. The molecule has 4 rings (SSSR count). The Bertz CT molecular complexity index is 929. The molecule has 0 radical (unpaired) electrons. The summed E-state index contributed by atoms with van der Waals surface area (Å²) in [5.74, 6) is 0.667. The minimum absolute atomic E-state index is 0.0819. The van der Waals surface area contributed by atoms with E-state index in [0.29, 0.717) is 17.3 Å². The monoisotopic (exact) mass is 423 g/mol. The summed E-state index contributed by atoms with van der Waals surface area (Å²) < 4.78 is 37.5. The Morgan fingerprint density at radius 2 is 2.03 bits per heavy atom. The number of ether oxygens (including phenoxy) is 1. The topological polar surface area (TPSA) is 113 Å². The van der Waals surface area contributed by atoms with Crippen LogP contribution in [0.1, 0.15) is 74.2 Å². The van der Waals surface area contributed by atoms with Gasteiger partial charge in [0.05, 0.1) is 0 Å². The van der Waals surface area contributed by atoms with Crippen molar-refractivity contribution >= 4 is 16.2 Å². The number of carbonyl (C=O) groups is 1. The van der Waals surface area contributed by atoms with Gasteiger partial charge in [0, 0.05) is 12.7 Å². The van der Waals surface area contributed by atoms with Crippen LogP contribution in [0.3, 0.4) is 0 Å². The molecule has 0 saturated heterocycles. The Balaban J connectivity index is 1.65. The van der Waals surface area contributed by atoms with Crippen molar-refractivity contribution in [1.82, 2.24) is 4.72 Å². The fourth-order valence-corrected chi connectivity index (χ4v) is 6.75. The number of methoxy groups -OCH3 is 1. The fraction of sp³-hybridized carbons (Fsp3) is 0.667. The molecule has 5 atom stereocenters. The standard InChI is InChI=1S/C21H29NO6S/c1-21-8-3-4-17(21)14-6-5-12-10-16(18(23)11-15(12)13(14)7-9-21)19(28-2)20(24)22-29(25,26)27/h10-11,13-14,17,19,23H,3-9H2,1-2H3,(H,22,24)(H,25,26,27)/t13?,14?,17?,19?,21-/m0/s1. The summed E-state index contributed by atoms with van der Waals surface area (Å²) in [5.41, 5.74) is 2.91. The Labute approximate surface area is 171 Å². The highest BCUT2D eigenvalue weighted by molar-refractivity contribution is 7.84. The zero-order valence-electron chi connectivity index (χ0n) is 16.8. The van der Waals surface area contributed by atoms with E-state index in [4.69, 9.17) is 9.29 Å². The highest BCUT2D eigenvalue weighted by atomic mass is 32.2. The summed E-state index contributed by atoms with van der Waals surface area (Å²) in [6.45, 7) is 2.44. The van der Waals surface area contributed by atoms with E-state index in [9.17, 15) is 18.3 Å². The summed E-state index contributed by atoms with van der Waals surface area (Å²) in [4.78, 5) is 12.2. The lowest BCUT2D eigenvalue weighted by molar-refractivity contribution is -0.129. The van der Waals surface area contributed by atoms with Crippen molar-refractivity contribution in [3.63, 3.8) is 0 Å². The maximum Gasteiger partial charge on any atom is 0.359 e. The van der Waals surface area contributed by atoms with E-state index in [1.54, 1.807) is 12.1 Å². The molecule has 0 heterocycles. The van der Waals surface area contributed by atoms with Crippen LogP contribution in [0.5, 0.6) is 5.75 Å². The molecule has 7 nitrogen and oxygen atoms in total. The minimum Gasteiger partial charge on any atom is -0.508 e. The number of aryl methyl sites for hydroxylation is 1. The Hall–Kier alpha value is -1.64.